The molecule has 1 N–H and O–H groups in total. The van der Waals surface area contributed by atoms with Crippen molar-refractivity contribution >= 4 is 5.69 Å². The summed E-state index contributed by atoms with van der Waals surface area (Å²) in [5, 5.41) is 3.17. The molecule has 0 amide bonds. The molecule has 0 spiro atoms. The lowest BCUT2D eigenvalue weighted by molar-refractivity contribution is 0.558. The second-order valence-corrected chi connectivity index (χ2v) is 5.46. The molecule has 1 aliphatic rings. The summed E-state index contributed by atoms with van der Waals surface area (Å²) in [5.41, 5.74) is 1.89. The van der Waals surface area contributed by atoms with E-state index in [9.17, 15) is 4.39 Å². The van der Waals surface area contributed by atoms with Gasteiger partial charge in [-0.1, -0.05) is 19.4 Å². The smallest absolute Gasteiger partial charge is 0.130 e. The molecule has 19 heavy (non-hydrogen) atoms. The number of rotatable bonds is 7. The van der Waals surface area contributed by atoms with Crippen molar-refractivity contribution in [1.82, 2.24) is 5.32 Å². The fourth-order valence-electron chi connectivity index (χ4n) is 2.56. The van der Waals surface area contributed by atoms with Crippen LogP contribution in [0.4, 0.5) is 10.1 Å². The number of halogens is 1. The van der Waals surface area contributed by atoms with E-state index in [0.717, 1.165) is 17.8 Å². The SMILES string of the molecule is CCCCN(c1cccc(F)c1C(C)NC)C1CC1. The van der Waals surface area contributed by atoms with E-state index in [1.807, 2.05) is 20.0 Å². The van der Waals surface area contributed by atoms with Gasteiger partial charge in [-0.15, -0.1) is 0 Å². The first-order valence-corrected chi connectivity index (χ1v) is 7.41. The summed E-state index contributed by atoms with van der Waals surface area (Å²) in [6.45, 7) is 5.26. The number of nitrogens with one attached hydrogen (secondary N) is 1. The molecular formula is C16H25FN2. The Morgan fingerprint density at radius 1 is 1.42 bits per heavy atom. The van der Waals surface area contributed by atoms with Gasteiger partial charge in [0.05, 0.1) is 0 Å². The van der Waals surface area contributed by atoms with E-state index in [1.165, 1.54) is 25.7 Å². The minimum Gasteiger partial charge on any atom is -0.368 e. The van der Waals surface area contributed by atoms with Crippen LogP contribution in [0, 0.1) is 5.82 Å². The van der Waals surface area contributed by atoms with Crippen LogP contribution in [-0.2, 0) is 0 Å². The standard InChI is InChI=1S/C16H25FN2/c1-4-5-11-19(13-9-10-13)15-8-6-7-14(17)16(15)12(2)18-3/h6-8,12-13,18H,4-5,9-11H2,1-3H3. The fraction of sp³-hybridized carbons (Fsp3) is 0.625. The van der Waals surface area contributed by atoms with E-state index in [1.54, 1.807) is 6.07 Å². The van der Waals surface area contributed by atoms with Crippen LogP contribution in [0.2, 0.25) is 0 Å². The maximum atomic E-state index is 14.2. The molecule has 1 saturated carbocycles. The van der Waals surface area contributed by atoms with Crippen LogP contribution in [0.3, 0.4) is 0 Å². The van der Waals surface area contributed by atoms with Gasteiger partial charge in [0.25, 0.3) is 0 Å². The molecule has 1 aromatic carbocycles. The van der Waals surface area contributed by atoms with E-state index in [2.05, 4.69) is 23.2 Å². The number of nitrogens with zero attached hydrogens (tertiary/aromatic N) is 1. The zero-order chi connectivity index (χ0) is 13.8. The number of anilines is 1. The Morgan fingerprint density at radius 3 is 2.74 bits per heavy atom. The summed E-state index contributed by atoms with van der Waals surface area (Å²) in [6, 6.07) is 6.13. The van der Waals surface area contributed by atoms with Crippen LogP contribution in [0.5, 0.6) is 0 Å². The van der Waals surface area contributed by atoms with Gasteiger partial charge >= 0.3 is 0 Å². The van der Waals surface area contributed by atoms with Crippen LogP contribution in [0.25, 0.3) is 0 Å². The van der Waals surface area contributed by atoms with Crippen LogP contribution in [0.15, 0.2) is 18.2 Å². The molecule has 0 saturated heterocycles. The highest BCUT2D eigenvalue weighted by Gasteiger charge is 2.31. The van der Waals surface area contributed by atoms with Crippen LogP contribution in [-0.4, -0.2) is 19.6 Å². The Morgan fingerprint density at radius 2 is 2.16 bits per heavy atom. The highest BCUT2D eigenvalue weighted by atomic mass is 19.1. The molecule has 0 aromatic heterocycles. The zero-order valence-electron chi connectivity index (χ0n) is 12.2. The summed E-state index contributed by atoms with van der Waals surface area (Å²) in [6.07, 6.45) is 4.83. The Hall–Kier alpha value is -1.09. The molecule has 0 bridgehead atoms. The summed E-state index contributed by atoms with van der Waals surface area (Å²) in [4.78, 5) is 2.41. The Bertz CT molecular complexity index is 415. The van der Waals surface area contributed by atoms with Crippen molar-refractivity contribution in [2.24, 2.45) is 0 Å². The van der Waals surface area contributed by atoms with Gasteiger partial charge in [-0.25, -0.2) is 4.39 Å². The molecule has 106 valence electrons. The number of hydrogen-bond donors (Lipinski definition) is 1. The van der Waals surface area contributed by atoms with Gasteiger partial charge in [0.15, 0.2) is 0 Å². The topological polar surface area (TPSA) is 15.3 Å². The van der Waals surface area contributed by atoms with Crippen molar-refractivity contribution in [3.63, 3.8) is 0 Å². The number of hydrogen-bond acceptors (Lipinski definition) is 2. The van der Waals surface area contributed by atoms with E-state index >= 15 is 0 Å². The lowest BCUT2D eigenvalue weighted by Crippen LogP contribution is -2.29. The van der Waals surface area contributed by atoms with Crippen molar-refractivity contribution in [3.05, 3.63) is 29.6 Å². The predicted octanol–water partition coefficient (Wildman–Crippen LogP) is 3.88. The highest BCUT2D eigenvalue weighted by Crippen LogP contribution is 2.36. The molecule has 1 unspecified atom stereocenters. The molecule has 1 aromatic rings. The summed E-state index contributed by atoms with van der Waals surface area (Å²) in [5.74, 6) is -0.0958. The molecule has 2 rings (SSSR count). The monoisotopic (exact) mass is 264 g/mol. The molecule has 1 atom stereocenters. The van der Waals surface area contributed by atoms with Gasteiger partial charge in [-0.2, -0.15) is 0 Å². The second kappa shape index (κ2) is 6.38. The Kier molecular flexibility index (Phi) is 4.81. The van der Waals surface area contributed by atoms with Gasteiger partial charge in [0, 0.05) is 29.9 Å². The average Bonchev–Trinajstić information content (AvgIpc) is 3.23. The van der Waals surface area contributed by atoms with Crippen molar-refractivity contribution in [1.29, 1.82) is 0 Å². The minimum absolute atomic E-state index is 0.0408. The largest absolute Gasteiger partial charge is 0.368 e. The van der Waals surface area contributed by atoms with E-state index in [0.29, 0.717) is 6.04 Å². The first kappa shape index (κ1) is 14.3. The summed E-state index contributed by atoms with van der Waals surface area (Å²) in [7, 11) is 1.88. The van der Waals surface area contributed by atoms with Gasteiger partial charge in [-0.3, -0.25) is 0 Å². The van der Waals surface area contributed by atoms with Crippen molar-refractivity contribution in [2.75, 3.05) is 18.5 Å². The van der Waals surface area contributed by atoms with E-state index in [4.69, 9.17) is 0 Å². The van der Waals surface area contributed by atoms with Crippen LogP contribution in [0.1, 0.15) is 51.1 Å². The third-order valence-corrected chi connectivity index (χ3v) is 3.95. The van der Waals surface area contributed by atoms with Crippen molar-refractivity contribution in [2.45, 2.75) is 51.6 Å². The average molecular weight is 264 g/mol. The maximum absolute atomic E-state index is 14.2. The second-order valence-electron chi connectivity index (χ2n) is 5.46. The molecule has 1 fully saturated rings. The van der Waals surface area contributed by atoms with Gasteiger partial charge in [0.1, 0.15) is 5.82 Å². The fourth-order valence-corrected chi connectivity index (χ4v) is 2.56. The van der Waals surface area contributed by atoms with Gasteiger partial charge in [-0.05, 0) is 45.4 Å². The Labute approximate surface area is 116 Å². The van der Waals surface area contributed by atoms with Crippen molar-refractivity contribution < 1.29 is 4.39 Å². The third-order valence-electron chi connectivity index (χ3n) is 3.95. The number of benzene rings is 1. The minimum atomic E-state index is -0.0958. The molecule has 2 nitrogen and oxygen atoms in total. The number of unbranched alkanes of at least 4 members (excludes halogenated alkanes) is 1. The molecule has 1 aliphatic carbocycles. The quantitative estimate of drug-likeness (QED) is 0.804. The summed E-state index contributed by atoms with van der Waals surface area (Å²) < 4.78 is 14.2. The van der Waals surface area contributed by atoms with Crippen LogP contribution < -0.4 is 10.2 Å². The van der Waals surface area contributed by atoms with E-state index in [-0.39, 0.29) is 11.9 Å². The lowest BCUT2D eigenvalue weighted by atomic mass is 10.0. The normalized spacial score (nSPS) is 16.4. The third kappa shape index (κ3) is 3.27. The first-order valence-electron chi connectivity index (χ1n) is 7.41. The van der Waals surface area contributed by atoms with Crippen LogP contribution >= 0.6 is 0 Å². The predicted molar refractivity (Wildman–Crippen MR) is 79.2 cm³/mol. The van der Waals surface area contributed by atoms with E-state index < -0.39 is 0 Å². The van der Waals surface area contributed by atoms with Gasteiger partial charge in [0.2, 0.25) is 0 Å². The maximum Gasteiger partial charge on any atom is 0.130 e. The molecule has 0 aliphatic heterocycles. The first-order chi connectivity index (χ1) is 9.19. The molecule has 3 heteroatoms. The molecule has 0 heterocycles. The van der Waals surface area contributed by atoms with Crippen molar-refractivity contribution in [3.8, 4) is 0 Å². The summed E-state index contributed by atoms with van der Waals surface area (Å²) >= 11 is 0. The highest BCUT2D eigenvalue weighted by molar-refractivity contribution is 5.57. The zero-order valence-corrected chi connectivity index (χ0v) is 12.2. The Balaban J connectivity index is 2.32. The molecule has 0 radical (unpaired) electrons. The molecular weight excluding hydrogens is 239 g/mol. The van der Waals surface area contributed by atoms with Gasteiger partial charge < -0.3 is 10.2 Å². The lowest BCUT2D eigenvalue weighted by Gasteiger charge is -2.29.